The van der Waals surface area contributed by atoms with Crippen LogP contribution in [0.25, 0.3) is 0 Å². The molecule has 3 amide bonds. The van der Waals surface area contributed by atoms with E-state index in [2.05, 4.69) is 15.6 Å². The van der Waals surface area contributed by atoms with Gasteiger partial charge in [-0.15, -0.1) is 11.3 Å². The Labute approximate surface area is 164 Å². The monoisotopic (exact) mass is 420 g/mol. The number of rotatable bonds is 4. The largest absolute Gasteiger partial charge is 0.302 e. The lowest BCUT2D eigenvalue weighted by molar-refractivity contribution is -0.120. The third-order valence-corrected chi connectivity index (χ3v) is 7.31. The third-order valence-electron chi connectivity index (χ3n) is 4.76. The van der Waals surface area contributed by atoms with E-state index < -0.39 is 27.8 Å². The first-order valence-corrected chi connectivity index (χ1v) is 10.9. The number of thiazole rings is 1. The molecule has 3 heterocycles. The zero-order chi connectivity index (χ0) is 19.9. The van der Waals surface area contributed by atoms with Crippen LogP contribution in [-0.2, 0) is 14.8 Å². The Kier molecular flexibility index (Phi) is 4.73. The quantitative estimate of drug-likeness (QED) is 0.713. The highest BCUT2D eigenvalue weighted by Gasteiger charge is 2.35. The van der Waals surface area contributed by atoms with Gasteiger partial charge in [-0.3, -0.25) is 19.7 Å². The van der Waals surface area contributed by atoms with Gasteiger partial charge < -0.3 is 5.32 Å². The standard InChI is InChI=1S/C17H16N4O5S2/c22-14(20-17-18-5-7-27-17)10-2-1-6-21(9-10)28(25,26)11-3-4-12-13(8-11)16(24)19-15(12)23/h3-5,7-8,10H,1-2,6,9H2,(H,18,20,22)(H,19,23,24). The van der Waals surface area contributed by atoms with Crippen molar-refractivity contribution >= 4 is 44.2 Å². The molecular weight excluding hydrogens is 404 g/mol. The second-order valence-corrected chi connectivity index (χ2v) is 9.35. The van der Waals surface area contributed by atoms with Crippen LogP contribution in [0.3, 0.4) is 0 Å². The first kappa shape index (κ1) is 18.7. The number of aromatic nitrogens is 1. The molecule has 0 bridgehead atoms. The fourth-order valence-corrected chi connectivity index (χ4v) is 5.41. The highest BCUT2D eigenvalue weighted by molar-refractivity contribution is 7.89. The van der Waals surface area contributed by atoms with Gasteiger partial charge in [0, 0.05) is 24.7 Å². The Morgan fingerprint density at radius 1 is 1.25 bits per heavy atom. The van der Waals surface area contributed by atoms with Crippen molar-refractivity contribution < 1.29 is 22.8 Å². The molecule has 0 aliphatic carbocycles. The van der Waals surface area contributed by atoms with Crippen LogP contribution in [0.2, 0.25) is 0 Å². The molecule has 28 heavy (non-hydrogen) atoms. The van der Waals surface area contributed by atoms with Crippen molar-refractivity contribution in [1.82, 2.24) is 14.6 Å². The SMILES string of the molecule is O=C1NC(=O)c2cc(S(=O)(=O)N3CCCC(C(=O)Nc4nccs4)C3)ccc21. The second-order valence-electron chi connectivity index (χ2n) is 6.52. The van der Waals surface area contributed by atoms with E-state index in [4.69, 9.17) is 0 Å². The maximum atomic E-state index is 13.0. The van der Waals surface area contributed by atoms with Gasteiger partial charge in [0.1, 0.15) is 0 Å². The van der Waals surface area contributed by atoms with Gasteiger partial charge in [-0.2, -0.15) is 4.31 Å². The number of hydrogen-bond acceptors (Lipinski definition) is 7. The predicted molar refractivity (Wildman–Crippen MR) is 100 cm³/mol. The van der Waals surface area contributed by atoms with Gasteiger partial charge in [0.05, 0.1) is 21.9 Å². The summed E-state index contributed by atoms with van der Waals surface area (Å²) < 4.78 is 27.3. The van der Waals surface area contributed by atoms with E-state index in [1.54, 1.807) is 11.6 Å². The number of amides is 3. The van der Waals surface area contributed by atoms with Crippen LogP contribution in [0.4, 0.5) is 5.13 Å². The highest BCUT2D eigenvalue weighted by atomic mass is 32.2. The minimum Gasteiger partial charge on any atom is -0.302 e. The topological polar surface area (TPSA) is 126 Å². The highest BCUT2D eigenvalue weighted by Crippen LogP contribution is 2.27. The predicted octanol–water partition coefficient (Wildman–Crippen LogP) is 1.07. The summed E-state index contributed by atoms with van der Waals surface area (Å²) >= 11 is 1.29. The van der Waals surface area contributed by atoms with Crippen molar-refractivity contribution in [3.05, 3.63) is 40.9 Å². The molecule has 4 rings (SSSR count). The molecule has 2 N–H and O–H groups in total. The van der Waals surface area contributed by atoms with Gasteiger partial charge in [0.15, 0.2) is 5.13 Å². The lowest BCUT2D eigenvalue weighted by Gasteiger charge is -2.31. The van der Waals surface area contributed by atoms with E-state index in [0.29, 0.717) is 18.0 Å². The normalized spacial score (nSPS) is 19.9. The average Bonchev–Trinajstić information content (AvgIpc) is 3.29. The molecule has 2 aliphatic rings. The molecule has 1 atom stereocenters. The minimum atomic E-state index is -3.90. The van der Waals surface area contributed by atoms with Crippen LogP contribution in [0.15, 0.2) is 34.7 Å². The third kappa shape index (κ3) is 3.32. The van der Waals surface area contributed by atoms with E-state index in [9.17, 15) is 22.8 Å². The Hall–Kier alpha value is -2.63. The van der Waals surface area contributed by atoms with Crippen molar-refractivity contribution in [2.75, 3.05) is 18.4 Å². The number of sulfonamides is 1. The summed E-state index contributed by atoms with van der Waals surface area (Å²) in [7, 11) is -3.90. The van der Waals surface area contributed by atoms with E-state index in [1.165, 1.54) is 33.8 Å². The lowest BCUT2D eigenvalue weighted by atomic mass is 9.99. The molecule has 1 unspecified atom stereocenters. The van der Waals surface area contributed by atoms with Crippen LogP contribution >= 0.6 is 11.3 Å². The molecule has 0 saturated carbocycles. The van der Waals surface area contributed by atoms with Crippen LogP contribution in [0, 0.1) is 5.92 Å². The fraction of sp³-hybridized carbons (Fsp3) is 0.294. The summed E-state index contributed by atoms with van der Waals surface area (Å²) in [6, 6.07) is 3.86. The average molecular weight is 420 g/mol. The lowest BCUT2D eigenvalue weighted by Crippen LogP contribution is -2.43. The minimum absolute atomic E-state index is 0.0427. The number of nitrogens with one attached hydrogen (secondary N) is 2. The van der Waals surface area contributed by atoms with Gasteiger partial charge >= 0.3 is 0 Å². The molecule has 0 spiro atoms. The number of piperidine rings is 1. The Morgan fingerprint density at radius 2 is 2.04 bits per heavy atom. The maximum Gasteiger partial charge on any atom is 0.258 e. The van der Waals surface area contributed by atoms with Crippen molar-refractivity contribution in [2.45, 2.75) is 17.7 Å². The molecular formula is C17H16N4O5S2. The molecule has 1 fully saturated rings. The van der Waals surface area contributed by atoms with E-state index >= 15 is 0 Å². The van der Waals surface area contributed by atoms with Gasteiger partial charge in [0.2, 0.25) is 15.9 Å². The molecule has 1 aromatic carbocycles. The number of benzene rings is 1. The van der Waals surface area contributed by atoms with Gasteiger partial charge in [-0.25, -0.2) is 13.4 Å². The number of anilines is 1. The number of fused-ring (bicyclic) bond motifs is 1. The fourth-order valence-electron chi connectivity index (χ4n) is 3.32. The van der Waals surface area contributed by atoms with Crippen molar-refractivity contribution in [1.29, 1.82) is 0 Å². The number of carbonyl (C=O) groups is 3. The molecule has 1 saturated heterocycles. The zero-order valence-electron chi connectivity index (χ0n) is 14.5. The summed E-state index contributed by atoms with van der Waals surface area (Å²) in [5.41, 5.74) is 0.199. The number of hydrogen-bond donors (Lipinski definition) is 2. The molecule has 2 aromatic rings. The Morgan fingerprint density at radius 3 is 2.79 bits per heavy atom. The Bertz CT molecular complexity index is 1070. The van der Waals surface area contributed by atoms with E-state index in [-0.39, 0.29) is 35.0 Å². The van der Waals surface area contributed by atoms with E-state index in [1.807, 2.05) is 0 Å². The zero-order valence-corrected chi connectivity index (χ0v) is 16.2. The molecule has 2 aliphatic heterocycles. The van der Waals surface area contributed by atoms with Gasteiger partial charge in [0.25, 0.3) is 11.8 Å². The van der Waals surface area contributed by atoms with E-state index in [0.717, 1.165) is 0 Å². The van der Waals surface area contributed by atoms with Crippen LogP contribution in [0.5, 0.6) is 0 Å². The summed E-state index contributed by atoms with van der Waals surface area (Å²) in [4.78, 5) is 39.9. The second kappa shape index (κ2) is 7.08. The smallest absolute Gasteiger partial charge is 0.258 e. The first-order chi connectivity index (χ1) is 13.4. The van der Waals surface area contributed by atoms with Gasteiger partial charge in [-0.05, 0) is 31.0 Å². The number of carbonyl (C=O) groups excluding carboxylic acids is 3. The van der Waals surface area contributed by atoms with Gasteiger partial charge in [-0.1, -0.05) is 0 Å². The van der Waals surface area contributed by atoms with Crippen LogP contribution < -0.4 is 10.6 Å². The molecule has 146 valence electrons. The summed E-state index contributed by atoms with van der Waals surface area (Å²) in [6.07, 6.45) is 2.69. The molecule has 0 radical (unpaired) electrons. The molecule has 11 heteroatoms. The first-order valence-electron chi connectivity index (χ1n) is 8.56. The van der Waals surface area contributed by atoms with Crippen LogP contribution in [-0.4, -0.2) is 48.5 Å². The van der Waals surface area contributed by atoms with Crippen molar-refractivity contribution in [3.63, 3.8) is 0 Å². The summed E-state index contributed by atoms with van der Waals surface area (Å²) in [6.45, 7) is 0.327. The molecule has 9 nitrogen and oxygen atoms in total. The summed E-state index contributed by atoms with van der Waals surface area (Å²) in [5, 5.41) is 7.05. The Balaban J connectivity index is 1.54. The summed E-state index contributed by atoms with van der Waals surface area (Å²) in [5.74, 6) is -1.92. The number of imide groups is 1. The van der Waals surface area contributed by atoms with Crippen molar-refractivity contribution in [2.24, 2.45) is 5.92 Å². The number of nitrogens with zero attached hydrogens (tertiary/aromatic N) is 2. The van der Waals surface area contributed by atoms with Crippen LogP contribution in [0.1, 0.15) is 33.6 Å². The van der Waals surface area contributed by atoms with Crippen molar-refractivity contribution in [3.8, 4) is 0 Å². The maximum absolute atomic E-state index is 13.0. The molecule has 1 aromatic heterocycles.